The number of hydrogen-bond donors (Lipinski definition) is 3. The van der Waals surface area contributed by atoms with E-state index < -0.39 is 46.6 Å². The number of para-hydroxylation sites is 1. The van der Waals surface area contributed by atoms with E-state index in [0.717, 1.165) is 10.7 Å². The molecule has 12 heteroatoms. The molecule has 2 aromatic heterocycles. The molecule has 0 aliphatic heterocycles. The Morgan fingerprint density at radius 3 is 2.52 bits per heavy atom. The van der Waals surface area contributed by atoms with Crippen LogP contribution in [0, 0.1) is 0 Å². The van der Waals surface area contributed by atoms with Crippen LogP contribution in [0.3, 0.4) is 0 Å². The highest BCUT2D eigenvalue weighted by Crippen LogP contribution is 2.36. The maximum Gasteiger partial charge on any atom is 0.435 e. The topological polar surface area (TPSA) is 149 Å². The van der Waals surface area contributed by atoms with Crippen molar-refractivity contribution in [1.29, 1.82) is 0 Å². The second kappa shape index (κ2) is 6.74. The molecular formula is C17H12F3N3O6. The van der Waals surface area contributed by atoms with Gasteiger partial charge in [0.2, 0.25) is 5.78 Å². The highest BCUT2D eigenvalue weighted by molar-refractivity contribution is 6.14. The molecule has 0 radical (unpaired) electrons. The van der Waals surface area contributed by atoms with Crippen molar-refractivity contribution in [2.75, 3.05) is 0 Å². The minimum Gasteiger partial charge on any atom is -0.506 e. The summed E-state index contributed by atoms with van der Waals surface area (Å²) < 4.78 is 44.8. The van der Waals surface area contributed by atoms with Crippen molar-refractivity contribution in [3.63, 3.8) is 0 Å². The van der Waals surface area contributed by atoms with Gasteiger partial charge in [-0.2, -0.15) is 18.3 Å². The van der Waals surface area contributed by atoms with Gasteiger partial charge >= 0.3 is 17.8 Å². The summed E-state index contributed by atoms with van der Waals surface area (Å²) in [5.74, 6) is -3.99. The fourth-order valence-electron chi connectivity index (χ4n) is 2.75. The zero-order chi connectivity index (χ0) is 21.7. The van der Waals surface area contributed by atoms with Crippen molar-refractivity contribution in [2.45, 2.75) is 12.2 Å². The monoisotopic (exact) mass is 411 g/mol. The minimum atomic E-state index is -4.71. The van der Waals surface area contributed by atoms with Crippen molar-refractivity contribution in [3.05, 3.63) is 45.9 Å². The van der Waals surface area contributed by atoms with Gasteiger partial charge in [0.25, 0.3) is 0 Å². The quantitative estimate of drug-likeness (QED) is 0.332. The van der Waals surface area contributed by atoms with Crippen molar-refractivity contribution in [2.24, 2.45) is 12.8 Å². The summed E-state index contributed by atoms with van der Waals surface area (Å²) >= 11 is 0. The third kappa shape index (κ3) is 3.33. The standard InChI is InChI=1S/C17H12F3N3O6/c1-23-8(5-9(22-23)17(18,19)20)6-3-2-4-7-12(24)10(16(28)29-14(6)7)13(25)11(21)15(26)27/h2-5,11,24H,21H2,1H3,(H,26,27). The molecule has 29 heavy (non-hydrogen) atoms. The highest BCUT2D eigenvalue weighted by atomic mass is 19.4. The Bertz CT molecular complexity index is 1210. The van der Waals surface area contributed by atoms with E-state index in [2.05, 4.69) is 5.10 Å². The average Bonchev–Trinajstić information content (AvgIpc) is 3.02. The van der Waals surface area contributed by atoms with E-state index in [1.165, 1.54) is 25.2 Å². The largest absolute Gasteiger partial charge is 0.506 e. The van der Waals surface area contributed by atoms with Gasteiger partial charge in [-0.25, -0.2) is 4.79 Å². The third-order valence-corrected chi connectivity index (χ3v) is 4.15. The number of aromatic hydroxyl groups is 1. The van der Waals surface area contributed by atoms with Gasteiger partial charge < -0.3 is 20.4 Å². The van der Waals surface area contributed by atoms with E-state index >= 15 is 0 Å². The smallest absolute Gasteiger partial charge is 0.435 e. The van der Waals surface area contributed by atoms with Gasteiger partial charge in [0, 0.05) is 12.6 Å². The fourth-order valence-corrected chi connectivity index (χ4v) is 2.75. The lowest BCUT2D eigenvalue weighted by atomic mass is 10.0. The Balaban J connectivity index is 2.27. The summed E-state index contributed by atoms with van der Waals surface area (Å²) in [6.45, 7) is 0. The molecule has 2 heterocycles. The summed E-state index contributed by atoms with van der Waals surface area (Å²) in [4.78, 5) is 35.3. The number of hydrogen-bond acceptors (Lipinski definition) is 7. The lowest BCUT2D eigenvalue weighted by Crippen LogP contribution is -2.40. The van der Waals surface area contributed by atoms with Crippen LogP contribution in [0.15, 0.2) is 33.5 Å². The number of benzene rings is 1. The van der Waals surface area contributed by atoms with Crippen LogP contribution in [0.25, 0.3) is 22.2 Å². The van der Waals surface area contributed by atoms with Crippen molar-refractivity contribution in [1.82, 2.24) is 9.78 Å². The van der Waals surface area contributed by atoms with Gasteiger partial charge in [0.05, 0.1) is 11.1 Å². The van der Waals surface area contributed by atoms with Crippen LogP contribution >= 0.6 is 0 Å². The van der Waals surface area contributed by atoms with Crippen LogP contribution in [0.5, 0.6) is 5.75 Å². The molecular weight excluding hydrogens is 399 g/mol. The number of carboxylic acid groups (broad SMARTS) is 1. The van der Waals surface area contributed by atoms with Gasteiger partial charge in [0.15, 0.2) is 17.3 Å². The first-order chi connectivity index (χ1) is 13.4. The molecule has 4 N–H and O–H groups in total. The van der Waals surface area contributed by atoms with Gasteiger partial charge in [-0.15, -0.1) is 0 Å². The highest BCUT2D eigenvalue weighted by Gasteiger charge is 2.35. The number of aliphatic carboxylic acids is 1. The number of rotatable bonds is 4. The lowest BCUT2D eigenvalue weighted by Gasteiger charge is -2.10. The Kier molecular flexibility index (Phi) is 4.66. The number of carbonyl (C=O) groups is 2. The Labute approximate surface area is 158 Å². The Morgan fingerprint density at radius 1 is 1.31 bits per heavy atom. The van der Waals surface area contributed by atoms with Crippen molar-refractivity contribution >= 4 is 22.7 Å². The number of nitrogens with two attached hydrogens (primary N) is 1. The second-order valence-corrected chi connectivity index (χ2v) is 6.01. The SMILES string of the molecule is Cn1nc(C(F)(F)F)cc1-c1cccc2c(O)c(C(=O)C(N)C(=O)O)c(=O)oc12. The van der Waals surface area contributed by atoms with Crippen LogP contribution in [-0.4, -0.2) is 37.8 Å². The first-order valence-electron chi connectivity index (χ1n) is 7.86. The molecule has 0 saturated heterocycles. The summed E-state index contributed by atoms with van der Waals surface area (Å²) in [5.41, 5.74) is 1.26. The number of Topliss-reactive ketones (excluding diaryl/α,β-unsaturated/α-hetero) is 1. The number of aromatic nitrogens is 2. The molecule has 3 rings (SSSR count). The fraction of sp³-hybridized carbons (Fsp3) is 0.176. The zero-order valence-electron chi connectivity index (χ0n) is 14.5. The van der Waals surface area contributed by atoms with E-state index in [1.807, 2.05) is 0 Å². The number of carbonyl (C=O) groups excluding carboxylic acids is 1. The minimum absolute atomic E-state index is 0.0121. The predicted octanol–water partition coefficient (Wildman–Crippen LogP) is 1.51. The van der Waals surface area contributed by atoms with Crippen LogP contribution in [0.2, 0.25) is 0 Å². The molecule has 1 unspecified atom stereocenters. The average molecular weight is 411 g/mol. The maximum absolute atomic E-state index is 12.9. The molecule has 152 valence electrons. The molecule has 0 spiro atoms. The number of nitrogens with zero attached hydrogens (tertiary/aromatic N) is 2. The van der Waals surface area contributed by atoms with E-state index in [9.17, 15) is 32.7 Å². The van der Waals surface area contributed by atoms with Gasteiger partial charge in [-0.05, 0) is 18.2 Å². The molecule has 1 aromatic carbocycles. The zero-order valence-corrected chi connectivity index (χ0v) is 14.5. The van der Waals surface area contributed by atoms with Gasteiger partial charge in [-0.3, -0.25) is 14.3 Å². The molecule has 0 bridgehead atoms. The number of alkyl halides is 3. The molecule has 1 atom stereocenters. The van der Waals surface area contributed by atoms with Crippen LogP contribution in [0.4, 0.5) is 13.2 Å². The summed E-state index contributed by atoms with van der Waals surface area (Å²) in [5, 5.41) is 22.4. The lowest BCUT2D eigenvalue weighted by molar-refractivity contribution is -0.141. The maximum atomic E-state index is 12.9. The van der Waals surface area contributed by atoms with Crippen LogP contribution in [0.1, 0.15) is 16.1 Å². The third-order valence-electron chi connectivity index (χ3n) is 4.15. The van der Waals surface area contributed by atoms with Crippen molar-refractivity contribution < 1.29 is 37.4 Å². The summed E-state index contributed by atoms with van der Waals surface area (Å²) in [6.07, 6.45) is -4.71. The molecule has 0 saturated carbocycles. The van der Waals surface area contributed by atoms with Crippen LogP contribution < -0.4 is 11.4 Å². The Morgan fingerprint density at radius 2 is 1.97 bits per heavy atom. The summed E-state index contributed by atoms with van der Waals surface area (Å²) in [7, 11) is 1.24. The molecule has 0 amide bonds. The molecule has 3 aromatic rings. The number of ketones is 1. The van der Waals surface area contributed by atoms with Gasteiger partial charge in [-0.1, -0.05) is 6.07 Å². The molecule has 0 aliphatic carbocycles. The molecule has 9 nitrogen and oxygen atoms in total. The van der Waals surface area contributed by atoms with Gasteiger partial charge in [0.1, 0.15) is 11.3 Å². The van der Waals surface area contributed by atoms with E-state index in [0.29, 0.717) is 0 Å². The number of fused-ring (bicyclic) bond motifs is 1. The van der Waals surface area contributed by atoms with E-state index in [-0.39, 0.29) is 22.2 Å². The van der Waals surface area contributed by atoms with Crippen molar-refractivity contribution in [3.8, 4) is 17.0 Å². The predicted molar refractivity (Wildman–Crippen MR) is 91.3 cm³/mol. The summed E-state index contributed by atoms with van der Waals surface area (Å²) in [6, 6.07) is 2.51. The number of aryl methyl sites for hydroxylation is 1. The van der Waals surface area contributed by atoms with E-state index in [4.69, 9.17) is 15.3 Å². The van der Waals surface area contributed by atoms with E-state index in [1.54, 1.807) is 0 Å². The molecule has 0 aliphatic rings. The first kappa shape index (κ1) is 20.1. The second-order valence-electron chi connectivity index (χ2n) is 6.01. The number of carboxylic acids is 1. The normalized spacial score (nSPS) is 12.9. The first-order valence-corrected chi connectivity index (χ1v) is 7.86. The number of halogens is 3. The van der Waals surface area contributed by atoms with Crippen LogP contribution in [-0.2, 0) is 18.0 Å². The molecule has 0 fully saturated rings. The Hall–Kier alpha value is -3.67.